The maximum absolute atomic E-state index is 12.6. The van der Waals surface area contributed by atoms with E-state index in [2.05, 4.69) is 9.97 Å². The van der Waals surface area contributed by atoms with Crippen LogP contribution in [0.2, 0.25) is 0 Å². The number of H-pyrrole nitrogens is 2. The molecule has 1 aromatic heterocycles. The minimum atomic E-state index is -0.257. The van der Waals surface area contributed by atoms with E-state index in [4.69, 9.17) is 17.0 Å². The highest BCUT2D eigenvalue weighted by Gasteiger charge is 2.24. The lowest BCUT2D eigenvalue weighted by molar-refractivity contribution is 0.00360. The molecule has 0 bridgehead atoms. The second kappa shape index (κ2) is 5.42. The number of fused-ring (bicyclic) bond motifs is 1. The second-order valence-corrected chi connectivity index (χ2v) is 5.50. The van der Waals surface area contributed by atoms with Gasteiger partial charge in [-0.25, -0.2) is 0 Å². The molecule has 1 aromatic carbocycles. The number of carbonyl (C=O) groups excluding carboxylic acids is 1. The number of morpholine rings is 1. The van der Waals surface area contributed by atoms with Crippen LogP contribution in [0, 0.1) is 4.77 Å². The smallest absolute Gasteiger partial charge is 0.259 e. The third-order valence-electron chi connectivity index (χ3n) is 3.61. The lowest BCUT2D eigenvalue weighted by atomic mass is 10.1. The van der Waals surface area contributed by atoms with Crippen LogP contribution in [0.1, 0.15) is 17.3 Å². The van der Waals surface area contributed by atoms with Gasteiger partial charge in [-0.05, 0) is 37.3 Å². The maximum atomic E-state index is 12.6. The van der Waals surface area contributed by atoms with E-state index in [-0.39, 0.29) is 22.3 Å². The van der Waals surface area contributed by atoms with Crippen molar-refractivity contribution in [2.24, 2.45) is 0 Å². The summed E-state index contributed by atoms with van der Waals surface area (Å²) in [6.45, 7) is 3.62. The number of carbonyl (C=O) groups is 1. The molecule has 110 valence electrons. The number of hydrogen-bond donors (Lipinski definition) is 2. The van der Waals surface area contributed by atoms with Gasteiger partial charge in [0.1, 0.15) is 0 Å². The monoisotopic (exact) mass is 305 g/mol. The summed E-state index contributed by atoms with van der Waals surface area (Å²) in [7, 11) is 0. The Morgan fingerprint density at radius 3 is 3.00 bits per heavy atom. The van der Waals surface area contributed by atoms with Gasteiger partial charge in [-0.3, -0.25) is 14.6 Å². The van der Waals surface area contributed by atoms with Gasteiger partial charge in [0, 0.05) is 12.1 Å². The predicted molar refractivity (Wildman–Crippen MR) is 81.1 cm³/mol. The quantitative estimate of drug-likeness (QED) is 0.782. The molecule has 2 heterocycles. The number of aromatic amines is 2. The molecule has 2 aromatic rings. The van der Waals surface area contributed by atoms with Crippen molar-refractivity contribution < 1.29 is 9.53 Å². The summed E-state index contributed by atoms with van der Waals surface area (Å²) in [5, 5.41) is 0.482. The summed E-state index contributed by atoms with van der Waals surface area (Å²) in [6.07, 6.45) is 0. The number of nitrogens with zero attached hydrogens (tertiary/aromatic N) is 1. The van der Waals surface area contributed by atoms with Gasteiger partial charge in [0.05, 0.1) is 30.2 Å². The molecule has 1 fully saturated rings. The SMILES string of the molecule is C[C@H]1COCCN1C(=O)c1ccc2c(=O)[nH]c(=S)[nH]c2c1. The Kier molecular flexibility index (Phi) is 3.60. The van der Waals surface area contributed by atoms with Crippen LogP contribution in [0.25, 0.3) is 10.9 Å². The van der Waals surface area contributed by atoms with Crippen LogP contribution in [0.3, 0.4) is 0 Å². The summed E-state index contributed by atoms with van der Waals surface area (Å²) in [4.78, 5) is 31.6. The van der Waals surface area contributed by atoms with Crippen molar-refractivity contribution in [2.75, 3.05) is 19.8 Å². The lowest BCUT2D eigenvalue weighted by Gasteiger charge is -2.33. The van der Waals surface area contributed by atoms with Crippen LogP contribution in [-0.2, 0) is 4.74 Å². The van der Waals surface area contributed by atoms with Crippen molar-refractivity contribution in [3.8, 4) is 0 Å². The average Bonchev–Trinajstić information content (AvgIpc) is 2.46. The zero-order valence-electron chi connectivity index (χ0n) is 11.5. The van der Waals surface area contributed by atoms with Crippen molar-refractivity contribution in [3.63, 3.8) is 0 Å². The van der Waals surface area contributed by atoms with Gasteiger partial charge in [0.25, 0.3) is 11.5 Å². The normalized spacial score (nSPS) is 18.9. The molecule has 0 spiro atoms. The summed E-state index contributed by atoms with van der Waals surface area (Å²) >= 11 is 4.96. The first kappa shape index (κ1) is 14.0. The molecule has 6 nitrogen and oxygen atoms in total. The summed E-state index contributed by atoms with van der Waals surface area (Å²) in [6, 6.07) is 5.02. The minimum absolute atomic E-state index is 0.0413. The molecular weight excluding hydrogens is 290 g/mol. The highest BCUT2D eigenvalue weighted by molar-refractivity contribution is 7.71. The Morgan fingerprint density at radius 2 is 2.24 bits per heavy atom. The van der Waals surface area contributed by atoms with Crippen LogP contribution >= 0.6 is 12.2 Å². The molecule has 1 saturated heterocycles. The topological polar surface area (TPSA) is 78.2 Å². The second-order valence-electron chi connectivity index (χ2n) is 5.09. The van der Waals surface area contributed by atoms with Crippen LogP contribution in [-0.4, -0.2) is 46.6 Å². The zero-order chi connectivity index (χ0) is 15.0. The fraction of sp³-hybridized carbons (Fsp3) is 0.357. The molecule has 1 amide bonds. The van der Waals surface area contributed by atoms with Crippen molar-refractivity contribution >= 4 is 29.0 Å². The fourth-order valence-electron chi connectivity index (χ4n) is 2.50. The minimum Gasteiger partial charge on any atom is -0.377 e. The highest BCUT2D eigenvalue weighted by Crippen LogP contribution is 2.15. The van der Waals surface area contributed by atoms with E-state index in [0.29, 0.717) is 36.2 Å². The van der Waals surface area contributed by atoms with E-state index in [1.165, 1.54) is 0 Å². The van der Waals surface area contributed by atoms with E-state index >= 15 is 0 Å². The van der Waals surface area contributed by atoms with Crippen LogP contribution in [0.15, 0.2) is 23.0 Å². The number of benzene rings is 1. The highest BCUT2D eigenvalue weighted by atomic mass is 32.1. The third-order valence-corrected chi connectivity index (χ3v) is 3.82. The first-order chi connectivity index (χ1) is 10.1. The molecule has 2 N–H and O–H groups in total. The summed E-state index contributed by atoms with van der Waals surface area (Å²) < 4.78 is 5.59. The van der Waals surface area contributed by atoms with Gasteiger partial charge >= 0.3 is 0 Å². The largest absolute Gasteiger partial charge is 0.377 e. The van der Waals surface area contributed by atoms with Crippen molar-refractivity contribution in [3.05, 3.63) is 38.9 Å². The Balaban J connectivity index is 2.02. The van der Waals surface area contributed by atoms with E-state index in [9.17, 15) is 9.59 Å². The van der Waals surface area contributed by atoms with Gasteiger partial charge < -0.3 is 14.6 Å². The molecule has 0 radical (unpaired) electrons. The van der Waals surface area contributed by atoms with Gasteiger partial charge in [-0.15, -0.1) is 0 Å². The van der Waals surface area contributed by atoms with Crippen LogP contribution in [0.4, 0.5) is 0 Å². The van der Waals surface area contributed by atoms with E-state index in [1.807, 2.05) is 6.92 Å². The summed E-state index contributed by atoms with van der Waals surface area (Å²) in [5.41, 5.74) is 0.843. The Morgan fingerprint density at radius 1 is 1.43 bits per heavy atom. The zero-order valence-corrected chi connectivity index (χ0v) is 12.3. The predicted octanol–water partition coefficient (Wildman–Crippen LogP) is 1.45. The Hall–Kier alpha value is -1.99. The molecule has 1 aliphatic heterocycles. The number of amides is 1. The fourth-order valence-corrected chi connectivity index (χ4v) is 2.70. The van der Waals surface area contributed by atoms with E-state index in [0.717, 1.165) is 0 Å². The Bertz CT molecular complexity index is 811. The molecule has 0 saturated carbocycles. The van der Waals surface area contributed by atoms with Crippen LogP contribution in [0.5, 0.6) is 0 Å². The van der Waals surface area contributed by atoms with Gasteiger partial charge in [0.15, 0.2) is 4.77 Å². The Labute approximate surface area is 125 Å². The van der Waals surface area contributed by atoms with Gasteiger partial charge in [0.2, 0.25) is 0 Å². The van der Waals surface area contributed by atoms with Gasteiger partial charge in [-0.2, -0.15) is 0 Å². The maximum Gasteiger partial charge on any atom is 0.259 e. The molecule has 21 heavy (non-hydrogen) atoms. The first-order valence-corrected chi connectivity index (χ1v) is 7.12. The van der Waals surface area contributed by atoms with Crippen molar-refractivity contribution in [1.29, 1.82) is 0 Å². The third kappa shape index (κ3) is 2.62. The molecule has 3 rings (SSSR count). The molecule has 1 aliphatic rings. The number of ether oxygens (including phenoxy) is 1. The number of nitrogens with one attached hydrogen (secondary N) is 2. The molecular formula is C14H15N3O3S. The van der Waals surface area contributed by atoms with Gasteiger partial charge in [-0.1, -0.05) is 0 Å². The summed E-state index contributed by atoms with van der Waals surface area (Å²) in [5.74, 6) is -0.0627. The number of aromatic nitrogens is 2. The van der Waals surface area contributed by atoms with Crippen molar-refractivity contribution in [2.45, 2.75) is 13.0 Å². The average molecular weight is 305 g/mol. The van der Waals surface area contributed by atoms with Crippen LogP contribution < -0.4 is 5.56 Å². The van der Waals surface area contributed by atoms with E-state index < -0.39 is 0 Å². The molecule has 0 unspecified atom stereocenters. The standard InChI is InChI=1S/C14H15N3O3S/c1-8-7-20-5-4-17(8)13(19)9-2-3-10-11(6-9)15-14(21)16-12(10)18/h2-3,6,8H,4-5,7H2,1H3,(H2,15,16,18,21)/t8-/m0/s1. The number of rotatable bonds is 1. The van der Waals surface area contributed by atoms with Crippen molar-refractivity contribution in [1.82, 2.24) is 14.9 Å². The lowest BCUT2D eigenvalue weighted by Crippen LogP contribution is -2.47. The number of hydrogen-bond acceptors (Lipinski definition) is 4. The molecule has 0 aliphatic carbocycles. The molecule has 1 atom stereocenters. The first-order valence-electron chi connectivity index (χ1n) is 6.71. The molecule has 7 heteroatoms. The van der Waals surface area contributed by atoms with E-state index in [1.54, 1.807) is 23.1 Å².